The maximum atomic E-state index is 12.1. The monoisotopic (exact) mass is 277 g/mol. The molecule has 0 bridgehead atoms. The Kier molecular flexibility index (Phi) is 4.65. The Bertz CT molecular complexity index is 481. The molecule has 1 saturated carbocycles. The number of likely N-dealkylation sites (N-methyl/N-ethyl adjacent to an activating group) is 1. The lowest BCUT2D eigenvalue weighted by atomic mass is 10.1. The molecule has 0 aliphatic heterocycles. The number of ether oxygens (including phenoxy) is 1. The predicted molar refractivity (Wildman–Crippen MR) is 77.7 cm³/mol. The van der Waals surface area contributed by atoms with Crippen molar-refractivity contribution in [3.63, 3.8) is 0 Å². The minimum Gasteiger partial charge on any atom is -0.483 e. The van der Waals surface area contributed by atoms with Crippen molar-refractivity contribution in [2.75, 3.05) is 13.2 Å². The van der Waals surface area contributed by atoms with Crippen LogP contribution in [0.25, 0.3) is 0 Å². The van der Waals surface area contributed by atoms with E-state index in [1.165, 1.54) is 0 Å². The topological polar surface area (TPSA) is 49.8 Å². The Morgan fingerprint density at radius 2 is 2.20 bits per heavy atom. The first-order chi connectivity index (χ1) is 9.52. The lowest BCUT2D eigenvalue weighted by Gasteiger charge is -2.21. The SMILES string of the molecule is CCN(C(=O)COc1ccc(C)cc1[C@H](C)O)C1CC1. The fourth-order valence-corrected chi connectivity index (χ4v) is 2.37. The third-order valence-corrected chi connectivity index (χ3v) is 3.62. The first-order valence-corrected chi connectivity index (χ1v) is 7.23. The molecule has 2 rings (SSSR count). The van der Waals surface area contributed by atoms with E-state index in [4.69, 9.17) is 4.74 Å². The summed E-state index contributed by atoms with van der Waals surface area (Å²) < 4.78 is 5.62. The quantitative estimate of drug-likeness (QED) is 0.869. The number of amides is 1. The summed E-state index contributed by atoms with van der Waals surface area (Å²) in [6.07, 6.45) is 1.59. The Morgan fingerprint density at radius 1 is 1.50 bits per heavy atom. The van der Waals surface area contributed by atoms with Crippen LogP contribution in [-0.2, 0) is 4.79 Å². The highest BCUT2D eigenvalue weighted by Crippen LogP contribution is 2.28. The molecule has 0 saturated heterocycles. The lowest BCUT2D eigenvalue weighted by Crippen LogP contribution is -2.36. The summed E-state index contributed by atoms with van der Waals surface area (Å²) in [5, 5.41) is 9.77. The number of carbonyl (C=O) groups is 1. The Morgan fingerprint density at radius 3 is 2.75 bits per heavy atom. The highest BCUT2D eigenvalue weighted by Gasteiger charge is 2.31. The standard InChI is InChI=1S/C16H23NO3/c1-4-17(13-6-7-13)16(19)10-20-15-8-5-11(2)9-14(15)12(3)18/h5,8-9,12-13,18H,4,6-7,10H2,1-3H3/t12-/m0/s1. The van der Waals surface area contributed by atoms with Crippen LogP contribution in [0.3, 0.4) is 0 Å². The minimum absolute atomic E-state index is 0.0205. The molecule has 1 aliphatic rings. The molecule has 1 aliphatic carbocycles. The number of aryl methyl sites for hydroxylation is 1. The maximum Gasteiger partial charge on any atom is 0.260 e. The van der Waals surface area contributed by atoms with Crippen LogP contribution in [-0.4, -0.2) is 35.1 Å². The van der Waals surface area contributed by atoms with Gasteiger partial charge in [0.25, 0.3) is 5.91 Å². The average molecular weight is 277 g/mol. The van der Waals surface area contributed by atoms with Gasteiger partial charge in [-0.1, -0.05) is 11.6 Å². The lowest BCUT2D eigenvalue weighted by molar-refractivity contribution is -0.133. The maximum absolute atomic E-state index is 12.1. The molecule has 20 heavy (non-hydrogen) atoms. The van der Waals surface area contributed by atoms with Gasteiger partial charge in [0.05, 0.1) is 6.10 Å². The van der Waals surface area contributed by atoms with Crippen molar-refractivity contribution in [1.29, 1.82) is 0 Å². The summed E-state index contributed by atoms with van der Waals surface area (Å²) in [6, 6.07) is 6.04. The van der Waals surface area contributed by atoms with Gasteiger partial charge < -0.3 is 14.7 Å². The normalized spacial score (nSPS) is 15.8. The number of hydrogen-bond donors (Lipinski definition) is 1. The fraction of sp³-hybridized carbons (Fsp3) is 0.562. The second-order valence-electron chi connectivity index (χ2n) is 5.42. The minimum atomic E-state index is -0.606. The molecular weight excluding hydrogens is 254 g/mol. The van der Waals surface area contributed by atoms with Crippen LogP contribution in [0, 0.1) is 6.92 Å². The molecule has 1 fully saturated rings. The summed E-state index contributed by atoms with van der Waals surface area (Å²) in [5.41, 5.74) is 1.79. The highest BCUT2D eigenvalue weighted by molar-refractivity contribution is 5.78. The number of nitrogens with zero attached hydrogens (tertiary/aromatic N) is 1. The Hall–Kier alpha value is -1.55. The van der Waals surface area contributed by atoms with Crippen LogP contribution < -0.4 is 4.74 Å². The second kappa shape index (κ2) is 6.27. The molecule has 1 atom stereocenters. The van der Waals surface area contributed by atoms with Crippen LogP contribution in [0.2, 0.25) is 0 Å². The zero-order valence-electron chi connectivity index (χ0n) is 12.4. The third kappa shape index (κ3) is 3.51. The summed E-state index contributed by atoms with van der Waals surface area (Å²) in [6.45, 7) is 6.42. The molecule has 4 nitrogen and oxygen atoms in total. The van der Waals surface area contributed by atoms with E-state index in [0.717, 1.165) is 30.5 Å². The molecule has 0 unspecified atom stereocenters. The smallest absolute Gasteiger partial charge is 0.260 e. The van der Waals surface area contributed by atoms with Crippen molar-refractivity contribution in [3.8, 4) is 5.75 Å². The van der Waals surface area contributed by atoms with Crippen molar-refractivity contribution in [2.45, 2.75) is 45.8 Å². The summed E-state index contributed by atoms with van der Waals surface area (Å²) in [5.74, 6) is 0.609. The predicted octanol–water partition coefficient (Wildman–Crippen LogP) is 2.44. The van der Waals surface area contributed by atoms with Crippen LogP contribution in [0.15, 0.2) is 18.2 Å². The van der Waals surface area contributed by atoms with Crippen molar-refractivity contribution >= 4 is 5.91 Å². The van der Waals surface area contributed by atoms with Crippen molar-refractivity contribution in [1.82, 2.24) is 4.90 Å². The van der Waals surface area contributed by atoms with Gasteiger partial charge in [0.2, 0.25) is 0 Å². The molecule has 4 heteroatoms. The molecular formula is C16H23NO3. The van der Waals surface area contributed by atoms with E-state index in [9.17, 15) is 9.90 Å². The first kappa shape index (κ1) is 14.9. The van der Waals surface area contributed by atoms with Gasteiger partial charge in [-0.05, 0) is 45.7 Å². The summed E-state index contributed by atoms with van der Waals surface area (Å²) >= 11 is 0. The van der Waals surface area contributed by atoms with Crippen molar-refractivity contribution in [3.05, 3.63) is 29.3 Å². The van der Waals surface area contributed by atoms with E-state index in [1.807, 2.05) is 36.9 Å². The molecule has 1 N–H and O–H groups in total. The number of aliphatic hydroxyl groups excluding tert-OH is 1. The molecule has 1 amide bonds. The molecule has 110 valence electrons. The van der Waals surface area contributed by atoms with Crippen molar-refractivity contribution in [2.24, 2.45) is 0 Å². The van der Waals surface area contributed by atoms with E-state index in [-0.39, 0.29) is 12.5 Å². The van der Waals surface area contributed by atoms with Gasteiger partial charge in [0.15, 0.2) is 6.61 Å². The van der Waals surface area contributed by atoms with E-state index in [2.05, 4.69) is 0 Å². The van der Waals surface area contributed by atoms with E-state index < -0.39 is 6.10 Å². The van der Waals surface area contributed by atoms with Crippen LogP contribution in [0.4, 0.5) is 0 Å². The van der Waals surface area contributed by atoms with Crippen molar-refractivity contribution < 1.29 is 14.6 Å². The Balaban J connectivity index is 2.01. The summed E-state index contributed by atoms with van der Waals surface area (Å²) in [4.78, 5) is 14.0. The van der Waals surface area contributed by atoms with Gasteiger partial charge in [-0.15, -0.1) is 0 Å². The van der Waals surface area contributed by atoms with Gasteiger partial charge >= 0.3 is 0 Å². The van der Waals surface area contributed by atoms with Gasteiger partial charge in [-0.2, -0.15) is 0 Å². The number of benzene rings is 1. The third-order valence-electron chi connectivity index (χ3n) is 3.62. The van der Waals surface area contributed by atoms with Crippen LogP contribution in [0.1, 0.15) is 43.9 Å². The van der Waals surface area contributed by atoms with Crippen LogP contribution >= 0.6 is 0 Å². The van der Waals surface area contributed by atoms with E-state index in [1.54, 1.807) is 6.92 Å². The second-order valence-corrected chi connectivity index (χ2v) is 5.42. The van der Waals surface area contributed by atoms with Crippen LogP contribution in [0.5, 0.6) is 5.75 Å². The zero-order chi connectivity index (χ0) is 14.7. The first-order valence-electron chi connectivity index (χ1n) is 7.23. The molecule has 0 aromatic heterocycles. The van der Waals surface area contributed by atoms with Gasteiger partial charge in [0.1, 0.15) is 5.75 Å². The zero-order valence-corrected chi connectivity index (χ0v) is 12.4. The molecule has 1 aromatic rings. The largest absolute Gasteiger partial charge is 0.483 e. The number of aliphatic hydroxyl groups is 1. The number of rotatable bonds is 6. The average Bonchev–Trinajstić information content (AvgIpc) is 3.22. The highest BCUT2D eigenvalue weighted by atomic mass is 16.5. The van der Waals surface area contributed by atoms with E-state index >= 15 is 0 Å². The Labute approximate surface area is 120 Å². The van der Waals surface area contributed by atoms with E-state index in [0.29, 0.717) is 11.8 Å². The van der Waals surface area contributed by atoms with Gasteiger partial charge in [-0.25, -0.2) is 0 Å². The van der Waals surface area contributed by atoms with Gasteiger partial charge in [-0.3, -0.25) is 4.79 Å². The molecule has 0 radical (unpaired) electrons. The molecule has 1 aromatic carbocycles. The molecule has 0 heterocycles. The summed E-state index contributed by atoms with van der Waals surface area (Å²) in [7, 11) is 0. The van der Waals surface area contributed by atoms with Gasteiger partial charge in [0, 0.05) is 18.2 Å². The fourth-order valence-electron chi connectivity index (χ4n) is 2.37. The number of carbonyl (C=O) groups excluding carboxylic acids is 1. The molecule has 0 spiro atoms. The number of hydrogen-bond acceptors (Lipinski definition) is 3.